The number of carbonyl (C=O) groups is 1. The van der Waals surface area contributed by atoms with Gasteiger partial charge in [0, 0.05) is 23.0 Å². The lowest BCUT2D eigenvalue weighted by molar-refractivity contribution is 0.0973. The van der Waals surface area contributed by atoms with E-state index in [1.807, 2.05) is 41.3 Å². The molecule has 4 rings (SSSR count). The third kappa shape index (κ3) is 3.71. The van der Waals surface area contributed by atoms with Crippen LogP contribution in [0.1, 0.15) is 35.3 Å². The second-order valence-electron chi connectivity index (χ2n) is 7.45. The summed E-state index contributed by atoms with van der Waals surface area (Å²) in [6.07, 6.45) is 0.810. The van der Waals surface area contributed by atoms with Gasteiger partial charge in [-0.2, -0.15) is 0 Å². The highest BCUT2D eigenvalue weighted by atomic mass is 16.5. The van der Waals surface area contributed by atoms with E-state index in [0.717, 1.165) is 23.4 Å². The molecule has 30 heavy (non-hydrogen) atoms. The van der Waals surface area contributed by atoms with E-state index in [1.54, 1.807) is 32.4 Å². The molecule has 0 spiro atoms. The minimum Gasteiger partial charge on any atom is -0.493 e. The zero-order valence-corrected chi connectivity index (χ0v) is 17.5. The summed E-state index contributed by atoms with van der Waals surface area (Å²) in [4.78, 5) is 15.4. The van der Waals surface area contributed by atoms with Crippen LogP contribution >= 0.6 is 0 Å². The summed E-state index contributed by atoms with van der Waals surface area (Å²) >= 11 is 0. The summed E-state index contributed by atoms with van der Waals surface area (Å²) in [7, 11) is 3.16. The normalized spacial score (nSPS) is 17.8. The van der Waals surface area contributed by atoms with Crippen LogP contribution < -0.4 is 19.7 Å². The average Bonchev–Trinajstić information content (AvgIpc) is 2.79. The van der Waals surface area contributed by atoms with Crippen molar-refractivity contribution >= 4 is 17.3 Å². The van der Waals surface area contributed by atoms with Gasteiger partial charge in [0.1, 0.15) is 0 Å². The van der Waals surface area contributed by atoms with E-state index in [-0.39, 0.29) is 18.0 Å². The lowest BCUT2D eigenvalue weighted by Crippen LogP contribution is -2.44. The molecule has 1 aliphatic rings. The lowest BCUT2D eigenvalue weighted by Gasteiger charge is -2.40. The van der Waals surface area contributed by atoms with Gasteiger partial charge in [-0.3, -0.25) is 4.79 Å². The number of nitrogens with zero attached hydrogens (tertiary/aromatic N) is 1. The highest BCUT2D eigenvalue weighted by Gasteiger charge is 2.34. The molecule has 3 aromatic carbocycles. The molecule has 1 amide bonds. The highest BCUT2D eigenvalue weighted by molar-refractivity contribution is 6.07. The second kappa shape index (κ2) is 8.49. The van der Waals surface area contributed by atoms with Gasteiger partial charge in [-0.1, -0.05) is 36.4 Å². The van der Waals surface area contributed by atoms with E-state index in [2.05, 4.69) is 30.4 Å². The summed E-state index contributed by atoms with van der Waals surface area (Å²) in [6, 6.07) is 23.7. The lowest BCUT2D eigenvalue weighted by atomic mass is 9.90. The molecule has 5 nitrogen and oxygen atoms in total. The van der Waals surface area contributed by atoms with E-state index in [9.17, 15) is 4.79 Å². The fraction of sp³-hybridized carbons (Fsp3) is 0.240. The van der Waals surface area contributed by atoms with Crippen molar-refractivity contribution in [3.05, 3.63) is 83.9 Å². The van der Waals surface area contributed by atoms with Crippen molar-refractivity contribution < 1.29 is 14.3 Å². The minimum absolute atomic E-state index is 0.0294. The minimum atomic E-state index is -0.0472. The maximum Gasteiger partial charge on any atom is 0.258 e. The molecule has 0 aromatic heterocycles. The monoisotopic (exact) mass is 402 g/mol. The Hall–Kier alpha value is -3.47. The van der Waals surface area contributed by atoms with E-state index < -0.39 is 0 Å². The molecule has 0 unspecified atom stereocenters. The predicted octanol–water partition coefficient (Wildman–Crippen LogP) is 5.30. The Morgan fingerprint density at radius 2 is 1.63 bits per heavy atom. The summed E-state index contributed by atoms with van der Waals surface area (Å²) in [5.41, 5.74) is 3.70. The van der Waals surface area contributed by atoms with Gasteiger partial charge in [0.15, 0.2) is 11.5 Å². The molecular formula is C25H26N2O3. The van der Waals surface area contributed by atoms with Crippen LogP contribution in [0.25, 0.3) is 0 Å². The van der Waals surface area contributed by atoms with Gasteiger partial charge >= 0.3 is 0 Å². The number of carbonyl (C=O) groups excluding carboxylic acids is 1. The zero-order valence-electron chi connectivity index (χ0n) is 17.5. The molecule has 0 fully saturated rings. The van der Waals surface area contributed by atoms with Crippen LogP contribution in [0.4, 0.5) is 11.4 Å². The molecular weight excluding hydrogens is 376 g/mol. The summed E-state index contributed by atoms with van der Waals surface area (Å²) in [5.74, 6) is 1.10. The predicted molar refractivity (Wildman–Crippen MR) is 120 cm³/mol. The van der Waals surface area contributed by atoms with Crippen molar-refractivity contribution in [2.75, 3.05) is 24.4 Å². The van der Waals surface area contributed by atoms with Gasteiger partial charge in [0.25, 0.3) is 5.91 Å². The van der Waals surface area contributed by atoms with E-state index in [1.165, 1.54) is 0 Å². The third-order valence-corrected chi connectivity index (χ3v) is 5.55. The first-order valence-electron chi connectivity index (χ1n) is 10.1. The first-order valence-corrected chi connectivity index (χ1v) is 10.1. The number of rotatable bonds is 5. The first kappa shape index (κ1) is 19.8. The fourth-order valence-corrected chi connectivity index (χ4v) is 4.10. The zero-order chi connectivity index (χ0) is 21.1. The molecule has 154 valence electrons. The van der Waals surface area contributed by atoms with Crippen LogP contribution in [-0.4, -0.2) is 26.2 Å². The van der Waals surface area contributed by atoms with Gasteiger partial charge in [0.05, 0.1) is 20.3 Å². The number of benzene rings is 3. The van der Waals surface area contributed by atoms with Crippen molar-refractivity contribution in [3.63, 3.8) is 0 Å². The Bertz CT molecular complexity index is 1040. The number of methoxy groups -OCH3 is 2. The Labute approximate surface area is 177 Å². The van der Waals surface area contributed by atoms with Crippen molar-refractivity contribution in [2.45, 2.75) is 25.4 Å². The van der Waals surface area contributed by atoms with Crippen LogP contribution in [0.3, 0.4) is 0 Å². The SMILES string of the molecule is COc1ccc(C(=O)N2c3ccccc3[C@H](Nc3ccccc3)C[C@@H]2C)cc1OC. The molecule has 0 saturated carbocycles. The summed E-state index contributed by atoms with van der Waals surface area (Å²) in [6.45, 7) is 2.09. The molecule has 0 aliphatic carbocycles. The number of amides is 1. The van der Waals surface area contributed by atoms with Crippen LogP contribution in [0, 0.1) is 0 Å². The molecule has 2 atom stereocenters. The fourth-order valence-electron chi connectivity index (χ4n) is 4.10. The van der Waals surface area contributed by atoms with Crippen molar-refractivity contribution in [3.8, 4) is 11.5 Å². The van der Waals surface area contributed by atoms with Gasteiger partial charge < -0.3 is 19.7 Å². The molecule has 3 aromatic rings. The van der Waals surface area contributed by atoms with E-state index in [4.69, 9.17) is 9.47 Å². The molecule has 0 radical (unpaired) electrons. The molecule has 1 N–H and O–H groups in total. The number of hydrogen-bond donors (Lipinski definition) is 1. The molecule has 1 heterocycles. The van der Waals surface area contributed by atoms with Crippen LogP contribution in [-0.2, 0) is 0 Å². The standard InChI is InChI=1S/C25H26N2O3/c1-17-15-21(26-19-9-5-4-6-10-19)20-11-7-8-12-22(20)27(17)25(28)18-13-14-23(29-2)24(16-18)30-3/h4-14,16-17,21,26H,15H2,1-3H3/t17-,21+/m0/s1. The number of fused-ring (bicyclic) bond motifs is 1. The second-order valence-corrected chi connectivity index (χ2v) is 7.45. The Balaban J connectivity index is 1.68. The Kier molecular flexibility index (Phi) is 5.61. The Morgan fingerprint density at radius 3 is 2.37 bits per heavy atom. The third-order valence-electron chi connectivity index (χ3n) is 5.55. The van der Waals surface area contributed by atoms with Gasteiger partial charge in [-0.15, -0.1) is 0 Å². The number of nitrogens with one attached hydrogen (secondary N) is 1. The quantitative estimate of drug-likeness (QED) is 0.629. The largest absolute Gasteiger partial charge is 0.493 e. The smallest absolute Gasteiger partial charge is 0.258 e. The number of anilines is 2. The van der Waals surface area contributed by atoms with Crippen LogP contribution in [0.5, 0.6) is 11.5 Å². The first-order chi connectivity index (χ1) is 14.6. The summed E-state index contributed by atoms with van der Waals surface area (Å²) < 4.78 is 10.7. The molecule has 1 aliphatic heterocycles. The van der Waals surface area contributed by atoms with Gasteiger partial charge in [-0.25, -0.2) is 0 Å². The van der Waals surface area contributed by atoms with Crippen LogP contribution in [0.2, 0.25) is 0 Å². The summed E-state index contributed by atoms with van der Waals surface area (Å²) in [5, 5.41) is 3.63. The van der Waals surface area contributed by atoms with Crippen molar-refractivity contribution in [1.29, 1.82) is 0 Å². The number of para-hydroxylation sites is 2. The van der Waals surface area contributed by atoms with E-state index >= 15 is 0 Å². The van der Waals surface area contributed by atoms with Crippen LogP contribution in [0.15, 0.2) is 72.8 Å². The highest BCUT2D eigenvalue weighted by Crippen LogP contribution is 2.40. The topological polar surface area (TPSA) is 50.8 Å². The van der Waals surface area contributed by atoms with Gasteiger partial charge in [0.2, 0.25) is 0 Å². The number of ether oxygens (including phenoxy) is 2. The number of hydrogen-bond acceptors (Lipinski definition) is 4. The maximum absolute atomic E-state index is 13.5. The molecule has 0 saturated heterocycles. The van der Waals surface area contributed by atoms with Gasteiger partial charge in [-0.05, 0) is 55.3 Å². The average molecular weight is 402 g/mol. The molecule has 5 heteroatoms. The van der Waals surface area contributed by atoms with Crippen molar-refractivity contribution in [1.82, 2.24) is 0 Å². The van der Waals surface area contributed by atoms with Crippen molar-refractivity contribution in [2.24, 2.45) is 0 Å². The Morgan fingerprint density at radius 1 is 0.933 bits per heavy atom. The van der Waals surface area contributed by atoms with E-state index in [0.29, 0.717) is 17.1 Å². The maximum atomic E-state index is 13.5. The molecule has 0 bridgehead atoms.